The third-order valence-electron chi connectivity index (χ3n) is 1.53. The molecule has 0 heterocycles. The summed E-state index contributed by atoms with van der Waals surface area (Å²) < 4.78 is 17.5. The maximum absolute atomic E-state index is 12.4. The van der Waals surface area contributed by atoms with Crippen LogP contribution >= 0.6 is 0 Å². The van der Waals surface area contributed by atoms with E-state index in [2.05, 4.69) is 0 Å². The molecule has 13 heavy (non-hydrogen) atoms. The monoisotopic (exact) mass is 183 g/mol. The second-order valence-electron chi connectivity index (χ2n) is 2.62. The van der Waals surface area contributed by atoms with Crippen LogP contribution in [0, 0.1) is 5.82 Å². The molecular formula is C9H10FNO2. The van der Waals surface area contributed by atoms with Crippen molar-refractivity contribution < 1.29 is 13.9 Å². The highest BCUT2D eigenvalue weighted by Crippen LogP contribution is 2.12. The Bertz CT molecular complexity index is 297. The highest BCUT2D eigenvalue weighted by molar-refractivity contribution is 5.78. The number of hydrogen-bond acceptors (Lipinski definition) is 2. The van der Waals surface area contributed by atoms with Gasteiger partial charge in [-0.05, 0) is 31.2 Å². The number of hydrogen-bond donors (Lipinski definition) is 1. The van der Waals surface area contributed by atoms with Crippen LogP contribution in [0.3, 0.4) is 0 Å². The minimum absolute atomic E-state index is 0.348. The van der Waals surface area contributed by atoms with Crippen LogP contribution in [0.5, 0.6) is 5.75 Å². The smallest absolute Gasteiger partial charge is 0.258 e. The lowest BCUT2D eigenvalue weighted by Gasteiger charge is -2.10. The molecule has 0 aliphatic rings. The quantitative estimate of drug-likeness (QED) is 0.762. The van der Waals surface area contributed by atoms with E-state index in [4.69, 9.17) is 10.5 Å². The van der Waals surface area contributed by atoms with Crippen LogP contribution < -0.4 is 10.5 Å². The molecule has 0 aromatic heterocycles. The molecule has 3 nitrogen and oxygen atoms in total. The molecule has 1 amide bonds. The van der Waals surface area contributed by atoms with Crippen molar-refractivity contribution in [1.29, 1.82) is 0 Å². The van der Waals surface area contributed by atoms with Crippen LogP contribution in [-0.4, -0.2) is 12.0 Å². The van der Waals surface area contributed by atoms with Crippen molar-refractivity contribution in [2.45, 2.75) is 13.0 Å². The molecule has 1 rings (SSSR count). The van der Waals surface area contributed by atoms with Gasteiger partial charge in [-0.2, -0.15) is 0 Å². The van der Waals surface area contributed by atoms with Crippen molar-refractivity contribution in [3.8, 4) is 5.75 Å². The van der Waals surface area contributed by atoms with E-state index in [-0.39, 0.29) is 5.82 Å². The summed E-state index contributed by atoms with van der Waals surface area (Å²) in [6.07, 6.45) is -0.703. The molecule has 0 bridgehead atoms. The van der Waals surface area contributed by atoms with E-state index in [9.17, 15) is 9.18 Å². The van der Waals surface area contributed by atoms with E-state index >= 15 is 0 Å². The van der Waals surface area contributed by atoms with Crippen molar-refractivity contribution >= 4 is 5.91 Å². The first kappa shape index (κ1) is 9.51. The summed E-state index contributed by atoms with van der Waals surface area (Å²) in [5, 5.41) is 0. The van der Waals surface area contributed by atoms with Crippen molar-refractivity contribution in [1.82, 2.24) is 0 Å². The number of carbonyl (C=O) groups is 1. The van der Waals surface area contributed by atoms with Gasteiger partial charge in [0.25, 0.3) is 5.91 Å². The van der Waals surface area contributed by atoms with Gasteiger partial charge in [0, 0.05) is 0 Å². The van der Waals surface area contributed by atoms with Gasteiger partial charge in [-0.1, -0.05) is 0 Å². The summed E-state index contributed by atoms with van der Waals surface area (Å²) in [6, 6.07) is 5.38. The zero-order valence-electron chi connectivity index (χ0n) is 7.16. The summed E-state index contributed by atoms with van der Waals surface area (Å²) >= 11 is 0. The first-order valence-corrected chi connectivity index (χ1v) is 3.81. The molecule has 0 radical (unpaired) electrons. The number of amides is 1. The standard InChI is InChI=1S/C9H10FNO2/c1-6(9(11)12)13-8-4-2-7(10)3-5-8/h2-6H,1H3,(H2,11,12). The van der Waals surface area contributed by atoms with Gasteiger partial charge >= 0.3 is 0 Å². The largest absolute Gasteiger partial charge is 0.481 e. The van der Waals surface area contributed by atoms with Gasteiger partial charge in [0.15, 0.2) is 6.10 Å². The first-order chi connectivity index (χ1) is 6.09. The second-order valence-corrected chi connectivity index (χ2v) is 2.62. The average molecular weight is 183 g/mol. The van der Waals surface area contributed by atoms with Crippen molar-refractivity contribution in [2.24, 2.45) is 5.73 Å². The average Bonchev–Trinajstić information content (AvgIpc) is 2.08. The van der Waals surface area contributed by atoms with Crippen LogP contribution in [0.25, 0.3) is 0 Å². The minimum Gasteiger partial charge on any atom is -0.481 e. The Hall–Kier alpha value is -1.58. The molecule has 0 aliphatic carbocycles. The number of ether oxygens (including phenoxy) is 1. The predicted molar refractivity (Wildman–Crippen MR) is 45.7 cm³/mol. The Labute approximate surface area is 75.3 Å². The molecule has 4 heteroatoms. The van der Waals surface area contributed by atoms with Gasteiger partial charge in [0.05, 0.1) is 0 Å². The van der Waals surface area contributed by atoms with Gasteiger partial charge in [-0.15, -0.1) is 0 Å². The fourth-order valence-corrected chi connectivity index (χ4v) is 0.775. The lowest BCUT2D eigenvalue weighted by molar-refractivity contribution is -0.123. The third-order valence-corrected chi connectivity index (χ3v) is 1.53. The van der Waals surface area contributed by atoms with Gasteiger partial charge in [-0.3, -0.25) is 4.79 Å². The van der Waals surface area contributed by atoms with Crippen molar-refractivity contribution in [3.05, 3.63) is 30.1 Å². The molecular weight excluding hydrogens is 173 g/mol. The van der Waals surface area contributed by atoms with Crippen LogP contribution in [0.2, 0.25) is 0 Å². The number of carbonyl (C=O) groups excluding carboxylic acids is 1. The molecule has 1 aromatic rings. The summed E-state index contributed by atoms with van der Waals surface area (Å²) in [6.45, 7) is 1.53. The Kier molecular flexibility index (Phi) is 2.84. The predicted octanol–water partition coefficient (Wildman–Crippen LogP) is 1.08. The molecule has 1 unspecified atom stereocenters. The van der Waals surface area contributed by atoms with Crippen molar-refractivity contribution in [3.63, 3.8) is 0 Å². The van der Waals surface area contributed by atoms with Gasteiger partial charge in [0.1, 0.15) is 11.6 Å². The van der Waals surface area contributed by atoms with Crippen LogP contribution in [-0.2, 0) is 4.79 Å². The van der Waals surface area contributed by atoms with E-state index in [1.807, 2.05) is 0 Å². The fourth-order valence-electron chi connectivity index (χ4n) is 0.775. The normalized spacial score (nSPS) is 12.2. The first-order valence-electron chi connectivity index (χ1n) is 3.81. The van der Waals surface area contributed by atoms with Gasteiger partial charge < -0.3 is 10.5 Å². The molecule has 0 fully saturated rings. The Balaban J connectivity index is 2.64. The number of rotatable bonds is 3. The van der Waals surface area contributed by atoms with E-state index in [1.54, 1.807) is 0 Å². The molecule has 0 saturated carbocycles. The number of nitrogens with two attached hydrogens (primary N) is 1. The Morgan fingerprint density at radius 2 is 2.00 bits per heavy atom. The molecule has 0 spiro atoms. The zero-order valence-corrected chi connectivity index (χ0v) is 7.16. The molecule has 2 N–H and O–H groups in total. The fraction of sp³-hybridized carbons (Fsp3) is 0.222. The second kappa shape index (κ2) is 3.89. The summed E-state index contributed by atoms with van der Waals surface area (Å²) in [5.41, 5.74) is 4.98. The Morgan fingerprint density at radius 1 is 1.46 bits per heavy atom. The maximum atomic E-state index is 12.4. The molecule has 1 atom stereocenters. The maximum Gasteiger partial charge on any atom is 0.258 e. The van der Waals surface area contributed by atoms with Crippen LogP contribution in [0.15, 0.2) is 24.3 Å². The van der Waals surface area contributed by atoms with E-state index in [1.165, 1.54) is 31.2 Å². The number of benzene rings is 1. The lowest BCUT2D eigenvalue weighted by Crippen LogP contribution is -2.30. The highest BCUT2D eigenvalue weighted by atomic mass is 19.1. The molecule has 0 aliphatic heterocycles. The molecule has 70 valence electrons. The Morgan fingerprint density at radius 3 is 2.46 bits per heavy atom. The van der Waals surface area contributed by atoms with Crippen molar-refractivity contribution in [2.75, 3.05) is 0 Å². The topological polar surface area (TPSA) is 52.3 Å². The minimum atomic E-state index is -0.703. The summed E-state index contributed by atoms with van der Waals surface area (Å²) in [4.78, 5) is 10.6. The van der Waals surface area contributed by atoms with Gasteiger partial charge in [-0.25, -0.2) is 4.39 Å². The van der Waals surface area contributed by atoms with E-state index < -0.39 is 12.0 Å². The highest BCUT2D eigenvalue weighted by Gasteiger charge is 2.09. The molecule has 0 saturated heterocycles. The van der Waals surface area contributed by atoms with Gasteiger partial charge in [0.2, 0.25) is 0 Å². The van der Waals surface area contributed by atoms with E-state index in [0.29, 0.717) is 5.75 Å². The lowest BCUT2D eigenvalue weighted by atomic mass is 10.3. The number of primary amides is 1. The molecule has 1 aromatic carbocycles. The SMILES string of the molecule is CC(Oc1ccc(F)cc1)C(N)=O. The van der Waals surface area contributed by atoms with Crippen LogP contribution in [0.1, 0.15) is 6.92 Å². The zero-order chi connectivity index (χ0) is 9.84. The summed E-state index contributed by atoms with van der Waals surface area (Å²) in [5.74, 6) is -0.476. The third kappa shape index (κ3) is 2.74. The number of halogens is 1. The van der Waals surface area contributed by atoms with E-state index in [0.717, 1.165) is 0 Å². The van der Waals surface area contributed by atoms with Crippen LogP contribution in [0.4, 0.5) is 4.39 Å². The summed E-state index contributed by atoms with van der Waals surface area (Å²) in [7, 11) is 0.